The second-order valence-corrected chi connectivity index (χ2v) is 8.68. The Hall–Kier alpha value is -2.27. The maximum atomic E-state index is 13.1. The van der Waals surface area contributed by atoms with Gasteiger partial charge in [0.1, 0.15) is 6.04 Å². The average molecular weight is 411 g/mol. The number of nitrogens with one attached hydrogen (secondary N) is 1. The van der Waals surface area contributed by atoms with Crippen LogP contribution < -0.4 is 5.32 Å². The van der Waals surface area contributed by atoms with E-state index in [-0.39, 0.29) is 17.9 Å². The standard InChI is InChI=1S/C24H30N2O2S/c1-19(24(28)25-21-13-7-3-8-14-21)26(17-20-11-5-2-6-12-20)23(27)18-29-22-15-9-4-10-16-22/h2,4-6,9-12,15-16,19,21H,3,7-8,13-14,17-18H2,1H3,(H,25,28). The third-order valence-electron chi connectivity index (χ3n) is 5.42. The first-order valence-electron chi connectivity index (χ1n) is 10.4. The summed E-state index contributed by atoms with van der Waals surface area (Å²) in [5.74, 6) is 0.248. The summed E-state index contributed by atoms with van der Waals surface area (Å²) in [6.45, 7) is 2.28. The average Bonchev–Trinajstić information content (AvgIpc) is 2.77. The molecule has 0 aliphatic heterocycles. The Morgan fingerprint density at radius 3 is 2.28 bits per heavy atom. The first-order valence-corrected chi connectivity index (χ1v) is 11.4. The largest absolute Gasteiger partial charge is 0.352 e. The first kappa shape index (κ1) is 21.4. The molecular formula is C24H30N2O2S. The van der Waals surface area contributed by atoms with Crippen LogP contribution in [0.2, 0.25) is 0 Å². The van der Waals surface area contributed by atoms with Crippen LogP contribution in [0, 0.1) is 0 Å². The zero-order valence-electron chi connectivity index (χ0n) is 17.0. The van der Waals surface area contributed by atoms with E-state index in [4.69, 9.17) is 0 Å². The van der Waals surface area contributed by atoms with Crippen molar-refractivity contribution in [3.05, 3.63) is 66.2 Å². The van der Waals surface area contributed by atoms with Crippen LogP contribution in [-0.2, 0) is 16.1 Å². The molecule has 1 aliphatic rings. The van der Waals surface area contributed by atoms with Gasteiger partial charge in [0.25, 0.3) is 0 Å². The predicted molar refractivity (Wildman–Crippen MR) is 119 cm³/mol. The Kier molecular flexibility index (Phi) is 8.17. The topological polar surface area (TPSA) is 49.4 Å². The van der Waals surface area contributed by atoms with Gasteiger partial charge in [-0.2, -0.15) is 0 Å². The monoisotopic (exact) mass is 410 g/mol. The van der Waals surface area contributed by atoms with Gasteiger partial charge in [0.2, 0.25) is 11.8 Å². The number of carbonyl (C=O) groups is 2. The van der Waals surface area contributed by atoms with Crippen LogP contribution in [-0.4, -0.2) is 34.6 Å². The lowest BCUT2D eigenvalue weighted by atomic mass is 9.95. The Morgan fingerprint density at radius 1 is 1.00 bits per heavy atom. The quantitative estimate of drug-likeness (QED) is 0.645. The Labute approximate surface area is 178 Å². The third kappa shape index (κ3) is 6.64. The Bertz CT molecular complexity index is 776. The maximum absolute atomic E-state index is 13.1. The van der Waals surface area contributed by atoms with Crippen molar-refractivity contribution in [2.24, 2.45) is 0 Å². The van der Waals surface area contributed by atoms with Crippen molar-refractivity contribution in [1.29, 1.82) is 0 Å². The summed E-state index contributed by atoms with van der Waals surface area (Å²) in [6, 6.07) is 19.5. The molecule has 5 heteroatoms. The normalized spacial score (nSPS) is 15.5. The van der Waals surface area contributed by atoms with Gasteiger partial charge in [-0.3, -0.25) is 9.59 Å². The first-order chi connectivity index (χ1) is 14.1. The molecule has 29 heavy (non-hydrogen) atoms. The number of hydrogen-bond donors (Lipinski definition) is 1. The fraction of sp³-hybridized carbons (Fsp3) is 0.417. The van der Waals surface area contributed by atoms with Crippen molar-refractivity contribution < 1.29 is 9.59 Å². The van der Waals surface area contributed by atoms with Gasteiger partial charge >= 0.3 is 0 Å². The number of nitrogens with zero attached hydrogens (tertiary/aromatic N) is 1. The van der Waals surface area contributed by atoms with Gasteiger partial charge in [0, 0.05) is 17.5 Å². The zero-order valence-corrected chi connectivity index (χ0v) is 17.9. The lowest BCUT2D eigenvalue weighted by Gasteiger charge is -2.31. The van der Waals surface area contributed by atoms with Crippen molar-refractivity contribution in [3.63, 3.8) is 0 Å². The molecule has 1 fully saturated rings. The van der Waals surface area contributed by atoms with E-state index in [1.165, 1.54) is 31.0 Å². The van der Waals surface area contributed by atoms with Crippen LogP contribution >= 0.6 is 11.8 Å². The number of hydrogen-bond acceptors (Lipinski definition) is 3. The molecule has 0 spiro atoms. The van der Waals surface area contributed by atoms with Crippen molar-refractivity contribution in [2.75, 3.05) is 5.75 Å². The molecule has 2 aromatic rings. The van der Waals surface area contributed by atoms with Crippen molar-refractivity contribution in [2.45, 2.75) is 62.6 Å². The summed E-state index contributed by atoms with van der Waals surface area (Å²) >= 11 is 1.51. The second-order valence-electron chi connectivity index (χ2n) is 7.63. The summed E-state index contributed by atoms with van der Waals surface area (Å²) in [5.41, 5.74) is 1.03. The van der Waals surface area contributed by atoms with Crippen LogP contribution in [0.25, 0.3) is 0 Å². The van der Waals surface area contributed by atoms with E-state index < -0.39 is 6.04 Å². The van der Waals surface area contributed by atoms with Crippen molar-refractivity contribution >= 4 is 23.6 Å². The molecule has 1 N–H and O–H groups in total. The Morgan fingerprint density at radius 2 is 1.62 bits per heavy atom. The second kappa shape index (κ2) is 11.1. The highest BCUT2D eigenvalue weighted by atomic mass is 32.2. The van der Waals surface area contributed by atoms with Crippen molar-refractivity contribution in [1.82, 2.24) is 10.2 Å². The van der Waals surface area contributed by atoms with E-state index in [1.54, 1.807) is 4.90 Å². The number of thioether (sulfide) groups is 1. The summed E-state index contributed by atoms with van der Waals surface area (Å²) < 4.78 is 0. The molecule has 3 rings (SSSR count). The number of rotatable bonds is 8. The molecule has 1 aliphatic carbocycles. The lowest BCUT2D eigenvalue weighted by Crippen LogP contribution is -2.50. The zero-order chi connectivity index (χ0) is 20.5. The van der Waals surface area contributed by atoms with Gasteiger partial charge in [-0.1, -0.05) is 67.8 Å². The van der Waals surface area contributed by atoms with Crippen LogP contribution in [0.15, 0.2) is 65.6 Å². The smallest absolute Gasteiger partial charge is 0.242 e. The maximum Gasteiger partial charge on any atom is 0.242 e. The van der Waals surface area contributed by atoms with E-state index in [2.05, 4.69) is 5.32 Å². The third-order valence-corrected chi connectivity index (χ3v) is 6.42. The number of carbonyl (C=O) groups excluding carboxylic acids is 2. The summed E-state index contributed by atoms with van der Waals surface area (Å²) in [5, 5.41) is 3.17. The van der Waals surface area contributed by atoms with Gasteiger partial charge in [-0.25, -0.2) is 0 Å². The number of benzene rings is 2. The SMILES string of the molecule is CC(C(=O)NC1CCCCC1)N(Cc1ccccc1)C(=O)CSc1ccccc1. The highest BCUT2D eigenvalue weighted by molar-refractivity contribution is 8.00. The van der Waals surface area contributed by atoms with E-state index in [0.717, 1.165) is 23.3 Å². The Balaban J connectivity index is 1.67. The van der Waals surface area contributed by atoms with Crippen LogP contribution in [0.3, 0.4) is 0 Å². The van der Waals surface area contributed by atoms with E-state index in [9.17, 15) is 9.59 Å². The predicted octanol–water partition coefficient (Wildman–Crippen LogP) is 4.64. The minimum absolute atomic E-state index is 0.0194. The molecule has 154 valence electrons. The van der Waals surface area contributed by atoms with Crippen molar-refractivity contribution in [3.8, 4) is 0 Å². The molecule has 1 atom stereocenters. The summed E-state index contributed by atoms with van der Waals surface area (Å²) in [7, 11) is 0. The van der Waals surface area contributed by atoms with E-state index in [1.807, 2.05) is 67.6 Å². The van der Waals surface area contributed by atoms with Gasteiger partial charge in [-0.05, 0) is 37.5 Å². The minimum atomic E-state index is -0.499. The molecule has 0 bridgehead atoms. The molecule has 0 saturated heterocycles. The fourth-order valence-electron chi connectivity index (χ4n) is 3.68. The van der Waals surface area contributed by atoms with Crippen LogP contribution in [0.5, 0.6) is 0 Å². The van der Waals surface area contributed by atoms with Gasteiger partial charge in [0.05, 0.1) is 5.75 Å². The molecule has 0 heterocycles. The highest BCUT2D eigenvalue weighted by Gasteiger charge is 2.28. The molecule has 0 radical (unpaired) electrons. The molecule has 1 saturated carbocycles. The lowest BCUT2D eigenvalue weighted by molar-refractivity contribution is -0.139. The van der Waals surface area contributed by atoms with Crippen LogP contribution in [0.1, 0.15) is 44.6 Å². The molecule has 2 aromatic carbocycles. The molecule has 0 aromatic heterocycles. The molecule has 4 nitrogen and oxygen atoms in total. The highest BCUT2D eigenvalue weighted by Crippen LogP contribution is 2.20. The molecule has 2 amide bonds. The molecule has 1 unspecified atom stereocenters. The fourth-order valence-corrected chi connectivity index (χ4v) is 4.48. The van der Waals surface area contributed by atoms with Gasteiger partial charge < -0.3 is 10.2 Å². The van der Waals surface area contributed by atoms with E-state index >= 15 is 0 Å². The van der Waals surface area contributed by atoms with Gasteiger partial charge in [-0.15, -0.1) is 11.8 Å². The summed E-state index contributed by atoms with van der Waals surface area (Å²) in [4.78, 5) is 28.8. The number of amides is 2. The summed E-state index contributed by atoms with van der Waals surface area (Å²) in [6.07, 6.45) is 5.65. The van der Waals surface area contributed by atoms with Crippen LogP contribution in [0.4, 0.5) is 0 Å². The minimum Gasteiger partial charge on any atom is -0.352 e. The van der Waals surface area contributed by atoms with Gasteiger partial charge in [0.15, 0.2) is 0 Å². The van der Waals surface area contributed by atoms with E-state index in [0.29, 0.717) is 12.3 Å². The molecular weight excluding hydrogens is 380 g/mol.